The summed E-state index contributed by atoms with van der Waals surface area (Å²) >= 11 is 0. The van der Waals surface area contributed by atoms with Gasteiger partial charge in [-0.05, 0) is 18.8 Å². The van der Waals surface area contributed by atoms with Crippen LogP contribution in [0.5, 0.6) is 0 Å². The first-order valence-corrected chi connectivity index (χ1v) is 4.16. The average Bonchev–Trinajstić information content (AvgIpc) is 2.05. The molecule has 1 fully saturated rings. The molecule has 3 heteroatoms. The van der Waals surface area contributed by atoms with Gasteiger partial charge in [0.25, 0.3) is 0 Å². The molecule has 0 radical (unpaired) electrons. The molecule has 68 valence electrons. The predicted molar refractivity (Wildman–Crippen MR) is 47.8 cm³/mol. The van der Waals surface area contributed by atoms with Crippen molar-refractivity contribution in [2.45, 2.75) is 38.1 Å². The molecular weight excluding hydrogens is 165 g/mol. The van der Waals surface area contributed by atoms with Crippen LogP contribution in [0.2, 0.25) is 0 Å². The third kappa shape index (κ3) is 3.39. The van der Waals surface area contributed by atoms with Crippen LogP contribution in [-0.4, -0.2) is 12.7 Å². The highest BCUT2D eigenvalue weighted by molar-refractivity contribution is 5.85. The van der Waals surface area contributed by atoms with Gasteiger partial charge < -0.3 is 5.73 Å². The van der Waals surface area contributed by atoms with Crippen molar-refractivity contribution < 1.29 is 4.39 Å². The Morgan fingerprint density at radius 3 is 2.27 bits per heavy atom. The number of halogens is 2. The molecule has 0 saturated heterocycles. The monoisotopic (exact) mass is 181 g/mol. The Kier molecular flexibility index (Phi) is 5.88. The number of alkyl halides is 1. The van der Waals surface area contributed by atoms with Crippen molar-refractivity contribution in [3.05, 3.63) is 0 Å². The molecule has 1 aliphatic carbocycles. The Hall–Kier alpha value is 0.180. The molecule has 0 aromatic heterocycles. The van der Waals surface area contributed by atoms with Crippen LogP contribution in [0, 0.1) is 5.92 Å². The van der Waals surface area contributed by atoms with E-state index < -0.39 is 0 Å². The number of hydrogen-bond acceptors (Lipinski definition) is 1. The van der Waals surface area contributed by atoms with Crippen LogP contribution in [0.15, 0.2) is 0 Å². The zero-order valence-electron chi connectivity index (χ0n) is 6.76. The van der Waals surface area contributed by atoms with Gasteiger partial charge in [0.1, 0.15) is 6.67 Å². The van der Waals surface area contributed by atoms with Crippen molar-refractivity contribution in [1.29, 1.82) is 0 Å². The van der Waals surface area contributed by atoms with Gasteiger partial charge in [0, 0.05) is 6.04 Å². The second-order valence-corrected chi connectivity index (χ2v) is 3.22. The lowest BCUT2D eigenvalue weighted by Gasteiger charge is -2.25. The van der Waals surface area contributed by atoms with Crippen molar-refractivity contribution in [2.75, 3.05) is 6.67 Å². The van der Waals surface area contributed by atoms with Gasteiger partial charge >= 0.3 is 0 Å². The topological polar surface area (TPSA) is 26.0 Å². The molecule has 0 bridgehead atoms. The lowest BCUT2D eigenvalue weighted by Crippen LogP contribution is -2.33. The molecule has 1 aliphatic rings. The first-order valence-electron chi connectivity index (χ1n) is 4.16. The molecule has 1 unspecified atom stereocenters. The van der Waals surface area contributed by atoms with Gasteiger partial charge in [0.05, 0.1) is 0 Å². The average molecular weight is 182 g/mol. The smallest absolute Gasteiger partial charge is 0.105 e. The van der Waals surface area contributed by atoms with Gasteiger partial charge in [0.15, 0.2) is 0 Å². The maximum Gasteiger partial charge on any atom is 0.105 e. The lowest BCUT2D eigenvalue weighted by atomic mass is 9.85. The second-order valence-electron chi connectivity index (χ2n) is 3.22. The highest BCUT2D eigenvalue weighted by atomic mass is 35.5. The van der Waals surface area contributed by atoms with E-state index in [1.165, 1.54) is 19.3 Å². The largest absolute Gasteiger partial charge is 0.325 e. The summed E-state index contributed by atoms with van der Waals surface area (Å²) in [6.07, 6.45) is 6.10. The number of rotatable bonds is 2. The van der Waals surface area contributed by atoms with Crippen LogP contribution in [0.1, 0.15) is 32.1 Å². The number of hydrogen-bond donors (Lipinski definition) is 1. The van der Waals surface area contributed by atoms with Crippen LogP contribution >= 0.6 is 12.4 Å². The van der Waals surface area contributed by atoms with Gasteiger partial charge in [0.2, 0.25) is 0 Å². The minimum Gasteiger partial charge on any atom is -0.325 e. The van der Waals surface area contributed by atoms with Crippen molar-refractivity contribution in [3.8, 4) is 0 Å². The molecule has 0 aromatic rings. The summed E-state index contributed by atoms with van der Waals surface area (Å²) in [6, 6.07) is -0.180. The molecule has 1 nitrogen and oxygen atoms in total. The van der Waals surface area contributed by atoms with Gasteiger partial charge in [-0.2, -0.15) is 0 Å². The van der Waals surface area contributed by atoms with Gasteiger partial charge in [-0.15, -0.1) is 12.4 Å². The Labute approximate surface area is 73.9 Å². The predicted octanol–water partition coefficient (Wildman–Crippen LogP) is 2.29. The van der Waals surface area contributed by atoms with E-state index in [1.807, 2.05) is 0 Å². The highest BCUT2D eigenvalue weighted by Crippen LogP contribution is 2.25. The highest BCUT2D eigenvalue weighted by Gasteiger charge is 2.19. The van der Waals surface area contributed by atoms with Crippen LogP contribution in [-0.2, 0) is 0 Å². The standard InChI is InChI=1S/C8H16FN.ClH/c9-6-8(10)7-4-2-1-3-5-7;/h7-8H,1-6,10H2;1H. The Balaban J connectivity index is 0.000001000. The normalized spacial score (nSPS) is 22.4. The third-order valence-electron chi connectivity index (χ3n) is 2.43. The molecule has 0 heterocycles. The van der Waals surface area contributed by atoms with Gasteiger partial charge in [-0.1, -0.05) is 19.3 Å². The third-order valence-corrected chi connectivity index (χ3v) is 2.43. The quantitative estimate of drug-likeness (QED) is 0.695. The molecule has 1 saturated carbocycles. The maximum atomic E-state index is 12.0. The van der Waals surface area contributed by atoms with E-state index in [9.17, 15) is 4.39 Å². The molecular formula is C8H17ClFN. The summed E-state index contributed by atoms with van der Waals surface area (Å²) in [5.41, 5.74) is 5.57. The maximum absolute atomic E-state index is 12.0. The fraction of sp³-hybridized carbons (Fsp3) is 1.00. The van der Waals surface area contributed by atoms with Crippen LogP contribution in [0.25, 0.3) is 0 Å². The molecule has 0 amide bonds. The zero-order chi connectivity index (χ0) is 7.40. The van der Waals surface area contributed by atoms with Crippen LogP contribution in [0.4, 0.5) is 4.39 Å². The second kappa shape index (κ2) is 5.78. The van der Waals surface area contributed by atoms with E-state index in [1.54, 1.807) is 0 Å². The van der Waals surface area contributed by atoms with E-state index in [-0.39, 0.29) is 25.1 Å². The van der Waals surface area contributed by atoms with E-state index in [4.69, 9.17) is 5.73 Å². The van der Waals surface area contributed by atoms with Crippen molar-refractivity contribution >= 4 is 12.4 Å². The summed E-state index contributed by atoms with van der Waals surface area (Å²) in [7, 11) is 0. The first-order chi connectivity index (χ1) is 4.84. The van der Waals surface area contributed by atoms with E-state index in [0.717, 1.165) is 12.8 Å². The van der Waals surface area contributed by atoms with E-state index in [2.05, 4.69) is 0 Å². The summed E-state index contributed by atoms with van der Waals surface area (Å²) in [4.78, 5) is 0. The SMILES string of the molecule is Cl.NC(CF)C1CCCCC1. The zero-order valence-corrected chi connectivity index (χ0v) is 7.58. The Morgan fingerprint density at radius 1 is 1.27 bits per heavy atom. The van der Waals surface area contributed by atoms with Crippen molar-refractivity contribution in [3.63, 3.8) is 0 Å². The van der Waals surface area contributed by atoms with E-state index in [0.29, 0.717) is 5.92 Å². The summed E-state index contributed by atoms with van der Waals surface area (Å²) < 4.78 is 12.0. The molecule has 0 aromatic carbocycles. The minimum absolute atomic E-state index is 0. The first kappa shape index (κ1) is 11.2. The molecule has 1 atom stereocenters. The van der Waals surface area contributed by atoms with Crippen LogP contribution < -0.4 is 5.73 Å². The Bertz CT molecular complexity index is 94.1. The Morgan fingerprint density at radius 2 is 1.82 bits per heavy atom. The van der Waals surface area contributed by atoms with Crippen molar-refractivity contribution in [2.24, 2.45) is 11.7 Å². The number of nitrogens with two attached hydrogens (primary N) is 1. The fourth-order valence-corrected chi connectivity index (χ4v) is 1.69. The minimum atomic E-state index is -0.343. The summed E-state index contributed by atoms with van der Waals surface area (Å²) in [5.74, 6) is 0.471. The van der Waals surface area contributed by atoms with Crippen molar-refractivity contribution in [1.82, 2.24) is 0 Å². The van der Waals surface area contributed by atoms with Gasteiger partial charge in [-0.25, -0.2) is 4.39 Å². The molecule has 0 aliphatic heterocycles. The van der Waals surface area contributed by atoms with Crippen LogP contribution in [0.3, 0.4) is 0 Å². The molecule has 2 N–H and O–H groups in total. The molecule has 0 spiro atoms. The summed E-state index contributed by atoms with van der Waals surface area (Å²) in [5, 5.41) is 0. The molecule has 1 rings (SSSR count). The lowest BCUT2D eigenvalue weighted by molar-refractivity contribution is 0.265. The van der Waals surface area contributed by atoms with Gasteiger partial charge in [-0.3, -0.25) is 0 Å². The fourth-order valence-electron chi connectivity index (χ4n) is 1.69. The molecule has 11 heavy (non-hydrogen) atoms. The summed E-state index contributed by atoms with van der Waals surface area (Å²) in [6.45, 7) is -0.343. The van der Waals surface area contributed by atoms with E-state index >= 15 is 0 Å².